The summed E-state index contributed by atoms with van der Waals surface area (Å²) in [5.74, 6) is 0.671. The number of nitrogens with one attached hydrogen (secondary N) is 1. The highest BCUT2D eigenvalue weighted by Gasteiger charge is 2.29. The van der Waals surface area contributed by atoms with Gasteiger partial charge in [-0.15, -0.1) is 11.3 Å². The first-order chi connectivity index (χ1) is 12.5. The van der Waals surface area contributed by atoms with Gasteiger partial charge in [-0.05, 0) is 61.9 Å². The summed E-state index contributed by atoms with van der Waals surface area (Å²) in [7, 11) is 1.58. The lowest BCUT2D eigenvalue weighted by Crippen LogP contribution is -2.16. The van der Waals surface area contributed by atoms with Crippen molar-refractivity contribution in [2.24, 2.45) is 5.92 Å². The Labute approximate surface area is 157 Å². The van der Waals surface area contributed by atoms with Crippen molar-refractivity contribution >= 4 is 28.2 Å². The average molecular weight is 373 g/mol. The van der Waals surface area contributed by atoms with Crippen LogP contribution in [0.15, 0.2) is 24.3 Å². The maximum Gasteiger partial charge on any atom is 0.341 e. The molecular weight excluding hydrogens is 350 g/mol. The number of benzene rings is 1. The lowest BCUT2D eigenvalue weighted by Gasteiger charge is -2.18. The average Bonchev–Trinajstić information content (AvgIpc) is 2.98. The van der Waals surface area contributed by atoms with Gasteiger partial charge in [-0.25, -0.2) is 4.79 Å². The second-order valence-electron chi connectivity index (χ2n) is 6.46. The summed E-state index contributed by atoms with van der Waals surface area (Å²) < 4.78 is 10.4. The van der Waals surface area contributed by atoms with Crippen molar-refractivity contribution < 1.29 is 19.1 Å². The highest BCUT2D eigenvalue weighted by atomic mass is 32.1. The Hall–Kier alpha value is -2.34. The number of hydrogen-bond donors (Lipinski definition) is 1. The number of fused-ring (bicyclic) bond motifs is 1. The second-order valence-corrected chi connectivity index (χ2v) is 7.56. The molecule has 0 spiro atoms. The van der Waals surface area contributed by atoms with Crippen molar-refractivity contribution in [1.29, 1.82) is 0 Å². The summed E-state index contributed by atoms with van der Waals surface area (Å²) in [5.41, 5.74) is 2.08. The number of hydrogen-bond acceptors (Lipinski definition) is 5. The second kappa shape index (κ2) is 7.91. The minimum Gasteiger partial charge on any atom is -0.497 e. The van der Waals surface area contributed by atoms with Gasteiger partial charge in [-0.1, -0.05) is 6.92 Å². The summed E-state index contributed by atoms with van der Waals surface area (Å²) in [5, 5.41) is 3.50. The molecule has 1 aromatic carbocycles. The highest BCUT2D eigenvalue weighted by molar-refractivity contribution is 7.17. The molecular formula is C20H23NO4S. The first-order valence-electron chi connectivity index (χ1n) is 8.80. The molecule has 1 aromatic heterocycles. The first-order valence-corrected chi connectivity index (χ1v) is 9.62. The third-order valence-corrected chi connectivity index (χ3v) is 5.74. The largest absolute Gasteiger partial charge is 0.497 e. The molecule has 0 saturated carbocycles. The van der Waals surface area contributed by atoms with E-state index in [1.807, 2.05) is 0 Å². The van der Waals surface area contributed by atoms with E-state index in [0.29, 0.717) is 34.4 Å². The van der Waals surface area contributed by atoms with Crippen LogP contribution in [0.4, 0.5) is 5.00 Å². The van der Waals surface area contributed by atoms with Gasteiger partial charge < -0.3 is 14.8 Å². The molecule has 0 aliphatic heterocycles. The van der Waals surface area contributed by atoms with Crippen LogP contribution in [-0.2, 0) is 17.6 Å². The molecule has 0 saturated heterocycles. The van der Waals surface area contributed by atoms with Crippen molar-refractivity contribution in [3.8, 4) is 5.75 Å². The normalized spacial score (nSPS) is 15.9. The number of carbonyl (C=O) groups is 2. The fourth-order valence-electron chi connectivity index (χ4n) is 3.18. The molecule has 0 fully saturated rings. The molecule has 0 bridgehead atoms. The molecule has 138 valence electrons. The van der Waals surface area contributed by atoms with Gasteiger partial charge in [-0.2, -0.15) is 0 Å². The van der Waals surface area contributed by atoms with Crippen LogP contribution in [0.3, 0.4) is 0 Å². The highest BCUT2D eigenvalue weighted by Crippen LogP contribution is 2.40. The Morgan fingerprint density at radius 2 is 2.00 bits per heavy atom. The SMILES string of the molecule is CCOC(=O)c1c(NC(=O)c2ccc(OC)cc2)sc2c1CC[C@H](C)C2. The molecule has 5 nitrogen and oxygen atoms in total. The quantitative estimate of drug-likeness (QED) is 0.793. The summed E-state index contributed by atoms with van der Waals surface area (Å²) in [6, 6.07) is 6.88. The lowest BCUT2D eigenvalue weighted by molar-refractivity contribution is 0.0526. The molecule has 1 aliphatic rings. The van der Waals surface area contributed by atoms with Crippen LogP contribution in [0.5, 0.6) is 5.75 Å². The topological polar surface area (TPSA) is 64.6 Å². The van der Waals surface area contributed by atoms with E-state index in [-0.39, 0.29) is 11.9 Å². The molecule has 1 N–H and O–H groups in total. The number of ether oxygens (including phenoxy) is 2. The Morgan fingerprint density at radius 1 is 1.27 bits per heavy atom. The van der Waals surface area contributed by atoms with E-state index in [9.17, 15) is 9.59 Å². The van der Waals surface area contributed by atoms with E-state index in [4.69, 9.17) is 9.47 Å². The van der Waals surface area contributed by atoms with Gasteiger partial charge >= 0.3 is 5.97 Å². The van der Waals surface area contributed by atoms with Crippen LogP contribution < -0.4 is 10.1 Å². The minimum absolute atomic E-state index is 0.246. The van der Waals surface area contributed by atoms with E-state index in [2.05, 4.69) is 12.2 Å². The number of rotatable bonds is 5. The molecule has 1 atom stereocenters. The smallest absolute Gasteiger partial charge is 0.341 e. The fourth-order valence-corrected chi connectivity index (χ4v) is 4.57. The summed E-state index contributed by atoms with van der Waals surface area (Å²) in [4.78, 5) is 26.3. The Morgan fingerprint density at radius 3 is 2.65 bits per heavy atom. The van der Waals surface area contributed by atoms with Crippen molar-refractivity contribution in [3.05, 3.63) is 45.8 Å². The number of thiophene rings is 1. The number of anilines is 1. The van der Waals surface area contributed by atoms with Gasteiger partial charge in [0.2, 0.25) is 0 Å². The van der Waals surface area contributed by atoms with Crippen molar-refractivity contribution in [1.82, 2.24) is 0 Å². The Balaban J connectivity index is 1.90. The molecule has 6 heteroatoms. The third kappa shape index (κ3) is 3.75. The zero-order chi connectivity index (χ0) is 18.7. The van der Waals surface area contributed by atoms with Crippen molar-refractivity contribution in [2.75, 3.05) is 19.0 Å². The number of amides is 1. The molecule has 2 aromatic rings. The van der Waals surface area contributed by atoms with Crippen LogP contribution in [0, 0.1) is 5.92 Å². The van der Waals surface area contributed by atoms with E-state index in [0.717, 1.165) is 24.8 Å². The van der Waals surface area contributed by atoms with Crippen LogP contribution >= 0.6 is 11.3 Å². The number of methoxy groups -OCH3 is 1. The van der Waals surface area contributed by atoms with Crippen molar-refractivity contribution in [2.45, 2.75) is 33.1 Å². The summed E-state index contributed by atoms with van der Waals surface area (Å²) in [6.45, 7) is 4.31. The predicted octanol–water partition coefficient (Wildman–Crippen LogP) is 4.31. The number of carbonyl (C=O) groups excluding carboxylic acids is 2. The molecule has 0 radical (unpaired) electrons. The zero-order valence-corrected chi connectivity index (χ0v) is 16.1. The molecule has 1 heterocycles. The van der Waals surface area contributed by atoms with Gasteiger partial charge in [0.05, 0.1) is 19.3 Å². The van der Waals surface area contributed by atoms with E-state index >= 15 is 0 Å². The van der Waals surface area contributed by atoms with E-state index in [1.165, 1.54) is 16.2 Å². The van der Waals surface area contributed by atoms with Gasteiger partial charge in [0.1, 0.15) is 10.8 Å². The Bertz CT molecular complexity index is 810. The van der Waals surface area contributed by atoms with Crippen LogP contribution in [0.25, 0.3) is 0 Å². The lowest BCUT2D eigenvalue weighted by atomic mass is 9.88. The Kier molecular flexibility index (Phi) is 5.61. The predicted molar refractivity (Wildman–Crippen MR) is 102 cm³/mol. The van der Waals surface area contributed by atoms with E-state index in [1.54, 1.807) is 38.3 Å². The standard InChI is InChI=1S/C20H23NO4S/c1-4-25-20(23)17-15-10-5-12(2)11-16(15)26-19(17)21-18(22)13-6-8-14(24-3)9-7-13/h6-9,12H,4-5,10-11H2,1-3H3,(H,21,22)/t12-/m0/s1. The maximum atomic E-state index is 12.6. The van der Waals surface area contributed by atoms with Gasteiger partial charge in [0, 0.05) is 10.4 Å². The third-order valence-electron chi connectivity index (χ3n) is 4.57. The fraction of sp³-hybridized carbons (Fsp3) is 0.400. The van der Waals surface area contributed by atoms with E-state index < -0.39 is 0 Å². The monoisotopic (exact) mass is 373 g/mol. The first kappa shape index (κ1) is 18.5. The molecule has 0 unspecified atom stereocenters. The van der Waals surface area contributed by atoms with Crippen LogP contribution in [-0.4, -0.2) is 25.6 Å². The van der Waals surface area contributed by atoms with Gasteiger partial charge in [-0.3, -0.25) is 4.79 Å². The zero-order valence-electron chi connectivity index (χ0n) is 15.3. The minimum atomic E-state index is -0.357. The molecule has 3 rings (SSSR count). The maximum absolute atomic E-state index is 12.6. The number of esters is 1. The summed E-state index contributed by atoms with van der Waals surface area (Å²) in [6.07, 6.45) is 2.83. The molecule has 1 amide bonds. The van der Waals surface area contributed by atoms with Crippen LogP contribution in [0.2, 0.25) is 0 Å². The molecule has 1 aliphatic carbocycles. The van der Waals surface area contributed by atoms with Crippen molar-refractivity contribution in [3.63, 3.8) is 0 Å². The van der Waals surface area contributed by atoms with Crippen LogP contribution in [0.1, 0.15) is 51.4 Å². The molecule has 26 heavy (non-hydrogen) atoms. The summed E-state index contributed by atoms with van der Waals surface area (Å²) >= 11 is 1.49. The van der Waals surface area contributed by atoms with Gasteiger partial charge in [0.15, 0.2) is 0 Å². The van der Waals surface area contributed by atoms with Gasteiger partial charge in [0.25, 0.3) is 5.91 Å².